The van der Waals surface area contributed by atoms with E-state index in [1.54, 1.807) is 0 Å². The van der Waals surface area contributed by atoms with Gasteiger partial charge in [-0.2, -0.15) is 0 Å². The van der Waals surface area contributed by atoms with Crippen molar-refractivity contribution in [2.24, 2.45) is 47.2 Å². The highest BCUT2D eigenvalue weighted by atomic mass is 28.3. The Hall–Kier alpha value is -1.22. The normalized spacial score (nSPS) is 42.9. The molecule has 12 heteroatoms. The summed E-state index contributed by atoms with van der Waals surface area (Å²) in [5.74, 6) is -4.22. The molecular weight excluding hydrogens is 767 g/mol. The van der Waals surface area contributed by atoms with Crippen LogP contribution in [0.25, 0.3) is 0 Å². The molecule has 0 aromatic rings. The second kappa shape index (κ2) is 18.9. The van der Waals surface area contributed by atoms with E-state index in [4.69, 9.17) is 34.2 Å². The van der Waals surface area contributed by atoms with Crippen molar-refractivity contribution in [1.82, 2.24) is 0 Å². The monoisotopic (exact) mass is 850 g/mol. The quantitative estimate of drug-likeness (QED) is 0.0835. The first-order chi connectivity index (χ1) is 27.5. The van der Waals surface area contributed by atoms with Gasteiger partial charge in [0.15, 0.2) is 11.6 Å². The van der Waals surface area contributed by atoms with Crippen molar-refractivity contribution in [2.45, 2.75) is 225 Å². The van der Waals surface area contributed by atoms with E-state index in [2.05, 4.69) is 47.3 Å². The molecule has 4 N–H and O–H groups in total. The molecule has 0 bridgehead atoms. The fourth-order valence-corrected chi connectivity index (χ4v) is 11.8. The predicted octanol–water partition coefficient (Wildman–Crippen LogP) is 7.95. The molecule has 0 saturated carbocycles. The van der Waals surface area contributed by atoms with E-state index in [1.165, 1.54) is 0 Å². The van der Waals surface area contributed by atoms with Crippen LogP contribution in [0.4, 0.5) is 0 Å². The highest BCUT2D eigenvalue weighted by Crippen LogP contribution is 2.53. The summed E-state index contributed by atoms with van der Waals surface area (Å²) < 4.78 is 40.1. The van der Waals surface area contributed by atoms with Crippen LogP contribution in [-0.2, 0) is 38.0 Å². The Labute approximate surface area is 357 Å². The third kappa shape index (κ3) is 10.1. The van der Waals surface area contributed by atoms with Crippen LogP contribution in [0.15, 0.2) is 12.2 Å². The summed E-state index contributed by atoms with van der Waals surface area (Å²) in [5, 5.41) is 23.1. The lowest BCUT2D eigenvalue weighted by Gasteiger charge is -2.54. The molecule has 5 aliphatic heterocycles. The van der Waals surface area contributed by atoms with Gasteiger partial charge in [-0.05, 0) is 95.6 Å². The van der Waals surface area contributed by atoms with Crippen LogP contribution in [0.3, 0.4) is 0 Å². The van der Waals surface area contributed by atoms with E-state index in [-0.39, 0.29) is 65.8 Å². The standard InChI is InChI=1S/C47H83NO10Si/c1-14-34(43(51)53-25-26-59(11,12)13)36-18-17-28(4)41(55-36)32(8)39(49)31(7)40(50)35(15-2)42-29(5)27-30(6)46(56-42)22-19-37(48)47(58-46)24-23-44(10,57-47)38-20-21-45(52,16-3)33(9)54-38/h19,22,28-39,41-42,49,52H,14-18,20-21,23-27,48H2,1-13H3/t28-,29-,30+,31-,32-,33-,34+,35-,36+,37+,38+,39+,41+,42?,44-,45+,46-,47-/m0/s1. The van der Waals surface area contributed by atoms with Crippen LogP contribution in [0.2, 0.25) is 25.7 Å². The van der Waals surface area contributed by atoms with Gasteiger partial charge in [0.2, 0.25) is 0 Å². The van der Waals surface area contributed by atoms with Gasteiger partial charge in [-0.15, -0.1) is 0 Å². The highest BCUT2D eigenvalue weighted by Gasteiger charge is 2.62. The second-order valence-corrected chi connectivity index (χ2v) is 26.8. The van der Waals surface area contributed by atoms with Crippen molar-refractivity contribution >= 4 is 19.8 Å². The summed E-state index contributed by atoms with van der Waals surface area (Å²) >= 11 is 0. The van der Waals surface area contributed by atoms with Crippen molar-refractivity contribution in [1.29, 1.82) is 0 Å². The molecule has 0 radical (unpaired) electrons. The highest BCUT2D eigenvalue weighted by molar-refractivity contribution is 6.76. The summed E-state index contributed by atoms with van der Waals surface area (Å²) in [5.41, 5.74) is 5.29. The third-order valence-corrected chi connectivity index (χ3v) is 17.3. The smallest absolute Gasteiger partial charge is 0.311 e. The lowest BCUT2D eigenvalue weighted by Crippen LogP contribution is -2.64. The number of ketones is 1. The van der Waals surface area contributed by atoms with E-state index < -0.39 is 60.9 Å². The zero-order chi connectivity index (χ0) is 43.9. The maximum Gasteiger partial charge on any atom is 0.311 e. The molecule has 18 atom stereocenters. The Morgan fingerprint density at radius 2 is 1.59 bits per heavy atom. The van der Waals surface area contributed by atoms with Gasteiger partial charge in [0.05, 0.1) is 66.4 Å². The van der Waals surface area contributed by atoms with Crippen LogP contribution in [0.1, 0.15) is 133 Å². The molecule has 5 aliphatic rings. The first-order valence-electron chi connectivity index (χ1n) is 23.4. The van der Waals surface area contributed by atoms with E-state index in [1.807, 2.05) is 53.7 Å². The molecule has 0 aromatic carbocycles. The number of hydrogen-bond donors (Lipinski definition) is 3. The number of Topliss-reactive ketones (excluding diaryl/α,β-unsaturated/α-hetero) is 1. The Bertz CT molecular complexity index is 1470. The lowest BCUT2D eigenvalue weighted by molar-refractivity contribution is -0.396. The van der Waals surface area contributed by atoms with Crippen LogP contribution in [0, 0.1) is 41.4 Å². The Balaban J connectivity index is 1.27. The van der Waals surface area contributed by atoms with E-state index >= 15 is 0 Å². The number of carbonyl (C=O) groups is 2. The molecule has 1 unspecified atom stereocenters. The SMILES string of the molecule is CC[C@@H](C(=O)[C@@H](C)[C@@H](O)[C@H](C)[C@@H]1O[C@@H]([C@@H](CC)C(=O)OCC[Si](C)(C)C)CC[C@@H]1C)C1O[C@]2(C=C[C@@H](N)[C@]3(CC[C@@](C)([C@H]4CC[C@](O)(CC)[C@H](C)O4)O3)O2)[C@H](C)C[C@@H]1C. The zero-order valence-electron chi connectivity index (χ0n) is 39.0. The van der Waals surface area contributed by atoms with Crippen LogP contribution in [0.5, 0.6) is 0 Å². The van der Waals surface area contributed by atoms with E-state index in [9.17, 15) is 19.8 Å². The molecule has 59 heavy (non-hydrogen) atoms. The average Bonchev–Trinajstić information content (AvgIpc) is 3.53. The second-order valence-electron chi connectivity index (χ2n) is 21.1. The summed E-state index contributed by atoms with van der Waals surface area (Å²) in [7, 11) is -1.34. The van der Waals surface area contributed by atoms with Crippen LogP contribution >= 0.6 is 0 Å². The maximum absolute atomic E-state index is 14.6. The number of hydrogen-bond acceptors (Lipinski definition) is 11. The molecule has 4 fully saturated rings. The van der Waals surface area contributed by atoms with Crippen LogP contribution in [-0.4, -0.2) is 102 Å². The molecule has 5 rings (SSSR count). The molecule has 4 saturated heterocycles. The topological polar surface area (TPSA) is 156 Å². The van der Waals surface area contributed by atoms with E-state index in [0.29, 0.717) is 51.6 Å². The fourth-order valence-electron chi connectivity index (χ4n) is 11.1. The Morgan fingerprint density at radius 1 is 0.915 bits per heavy atom. The van der Waals surface area contributed by atoms with Gasteiger partial charge in [0.25, 0.3) is 0 Å². The Kier molecular flexibility index (Phi) is 15.6. The van der Waals surface area contributed by atoms with Crippen molar-refractivity contribution in [3.8, 4) is 0 Å². The number of ether oxygens (including phenoxy) is 6. The minimum atomic E-state index is -1.34. The molecule has 340 valence electrons. The number of rotatable bonds is 15. The molecule has 11 nitrogen and oxygen atoms in total. The van der Waals surface area contributed by atoms with Crippen LogP contribution < -0.4 is 5.73 Å². The summed E-state index contributed by atoms with van der Waals surface area (Å²) in [4.78, 5) is 27.9. The number of carbonyl (C=O) groups excluding carboxylic acids is 2. The lowest BCUT2D eigenvalue weighted by atomic mass is 9.72. The molecule has 0 aliphatic carbocycles. The van der Waals surface area contributed by atoms with Gasteiger partial charge < -0.3 is 44.4 Å². The first-order valence-corrected chi connectivity index (χ1v) is 27.1. The molecular formula is C47H83NO10Si. The number of esters is 1. The van der Waals surface area contributed by atoms with Gasteiger partial charge in [0.1, 0.15) is 5.78 Å². The number of aliphatic hydroxyl groups is 2. The summed E-state index contributed by atoms with van der Waals surface area (Å²) in [6, 6.07) is 0.391. The third-order valence-electron chi connectivity index (χ3n) is 15.6. The van der Waals surface area contributed by atoms with Gasteiger partial charge in [0, 0.05) is 38.2 Å². The van der Waals surface area contributed by atoms with Crippen molar-refractivity contribution in [2.75, 3.05) is 6.61 Å². The minimum Gasteiger partial charge on any atom is -0.466 e. The van der Waals surface area contributed by atoms with Gasteiger partial charge in [-0.3, -0.25) is 9.59 Å². The van der Waals surface area contributed by atoms with Crippen molar-refractivity contribution in [3.05, 3.63) is 12.2 Å². The largest absolute Gasteiger partial charge is 0.466 e. The minimum absolute atomic E-state index is 0.0303. The van der Waals surface area contributed by atoms with Crippen molar-refractivity contribution < 1.29 is 48.2 Å². The van der Waals surface area contributed by atoms with Gasteiger partial charge in [-0.25, -0.2) is 0 Å². The molecule has 2 spiro atoms. The fraction of sp³-hybridized carbons (Fsp3) is 0.915. The Morgan fingerprint density at radius 3 is 2.20 bits per heavy atom. The zero-order valence-corrected chi connectivity index (χ0v) is 40.0. The van der Waals surface area contributed by atoms with Gasteiger partial charge >= 0.3 is 5.97 Å². The summed E-state index contributed by atoms with van der Waals surface area (Å²) in [6.45, 7) is 27.5. The molecule has 0 aromatic heterocycles. The van der Waals surface area contributed by atoms with E-state index in [0.717, 1.165) is 25.3 Å². The van der Waals surface area contributed by atoms with Gasteiger partial charge in [-0.1, -0.05) is 81.1 Å². The first kappa shape index (κ1) is 48.8. The molecule has 5 heterocycles. The number of nitrogens with two attached hydrogens (primary N) is 1. The molecule has 0 amide bonds. The number of aliphatic hydroxyl groups excluding tert-OH is 1. The van der Waals surface area contributed by atoms with Crippen molar-refractivity contribution in [3.63, 3.8) is 0 Å². The predicted molar refractivity (Wildman–Crippen MR) is 232 cm³/mol. The summed E-state index contributed by atoms with van der Waals surface area (Å²) in [6.07, 6.45) is 8.06. The average molecular weight is 850 g/mol. The maximum atomic E-state index is 14.6.